The topological polar surface area (TPSA) is 86.5 Å². The van der Waals surface area contributed by atoms with Crippen LogP contribution in [-0.4, -0.2) is 25.1 Å². The standard InChI is InChI=1S/C20H21N3O3/c1-11-5-6-15(12(2)7-11)23-19-13-8-17(25-3)18(26-4)9-16(13)22-10-14(19)20(21)24/h5-10H,1-4H3,(H2,21,24)(H,22,23). The molecule has 0 atom stereocenters. The van der Waals surface area contributed by atoms with Crippen LogP contribution < -0.4 is 20.5 Å². The quantitative estimate of drug-likeness (QED) is 0.732. The van der Waals surface area contributed by atoms with E-state index in [1.165, 1.54) is 6.20 Å². The molecule has 1 amide bonds. The Morgan fingerprint density at radius 3 is 2.38 bits per heavy atom. The first kappa shape index (κ1) is 17.5. The van der Waals surface area contributed by atoms with Crippen LogP contribution in [0.1, 0.15) is 21.5 Å². The summed E-state index contributed by atoms with van der Waals surface area (Å²) >= 11 is 0. The number of nitrogens with two attached hydrogens (primary N) is 1. The van der Waals surface area contributed by atoms with Crippen LogP contribution >= 0.6 is 0 Å². The summed E-state index contributed by atoms with van der Waals surface area (Å²) in [6, 6.07) is 9.61. The van der Waals surface area contributed by atoms with Crippen LogP contribution in [0, 0.1) is 13.8 Å². The first-order valence-corrected chi connectivity index (χ1v) is 8.13. The van der Waals surface area contributed by atoms with Crippen LogP contribution in [-0.2, 0) is 0 Å². The number of rotatable bonds is 5. The molecule has 0 saturated heterocycles. The second-order valence-corrected chi connectivity index (χ2v) is 6.08. The average Bonchev–Trinajstić information content (AvgIpc) is 2.62. The highest BCUT2D eigenvalue weighted by Crippen LogP contribution is 2.37. The maximum absolute atomic E-state index is 12.0. The van der Waals surface area contributed by atoms with Gasteiger partial charge in [0, 0.05) is 23.3 Å². The zero-order valence-electron chi connectivity index (χ0n) is 15.2. The lowest BCUT2D eigenvalue weighted by molar-refractivity contribution is 0.100. The van der Waals surface area contributed by atoms with Crippen LogP contribution in [0.15, 0.2) is 36.5 Å². The minimum atomic E-state index is -0.554. The summed E-state index contributed by atoms with van der Waals surface area (Å²) < 4.78 is 10.7. The molecule has 0 spiro atoms. The second-order valence-electron chi connectivity index (χ2n) is 6.08. The van der Waals surface area contributed by atoms with E-state index in [9.17, 15) is 4.79 Å². The number of carbonyl (C=O) groups is 1. The van der Waals surface area contributed by atoms with E-state index >= 15 is 0 Å². The van der Waals surface area contributed by atoms with E-state index in [2.05, 4.69) is 16.4 Å². The van der Waals surface area contributed by atoms with Gasteiger partial charge in [0.1, 0.15) is 0 Å². The Labute approximate surface area is 151 Å². The molecule has 0 bridgehead atoms. The van der Waals surface area contributed by atoms with Crippen molar-refractivity contribution in [2.45, 2.75) is 13.8 Å². The molecule has 0 unspecified atom stereocenters. The number of hydrogen-bond donors (Lipinski definition) is 2. The molecule has 26 heavy (non-hydrogen) atoms. The highest BCUT2D eigenvalue weighted by molar-refractivity contribution is 6.08. The molecule has 3 N–H and O–H groups in total. The summed E-state index contributed by atoms with van der Waals surface area (Å²) in [7, 11) is 3.13. The number of aromatic nitrogens is 1. The summed E-state index contributed by atoms with van der Waals surface area (Å²) in [6.07, 6.45) is 1.47. The van der Waals surface area contributed by atoms with Crippen molar-refractivity contribution in [2.75, 3.05) is 19.5 Å². The molecule has 0 fully saturated rings. The SMILES string of the molecule is COc1cc2ncc(C(N)=O)c(Nc3ccc(C)cc3C)c2cc1OC. The molecular weight excluding hydrogens is 330 g/mol. The lowest BCUT2D eigenvalue weighted by Gasteiger charge is -2.17. The number of benzene rings is 2. The number of hydrogen-bond acceptors (Lipinski definition) is 5. The summed E-state index contributed by atoms with van der Waals surface area (Å²) in [4.78, 5) is 16.3. The summed E-state index contributed by atoms with van der Waals surface area (Å²) in [5, 5.41) is 4.07. The number of carbonyl (C=O) groups excluding carboxylic acids is 1. The largest absolute Gasteiger partial charge is 0.493 e. The van der Waals surface area contributed by atoms with Gasteiger partial charge >= 0.3 is 0 Å². The number of methoxy groups -OCH3 is 2. The first-order valence-electron chi connectivity index (χ1n) is 8.13. The number of amides is 1. The fourth-order valence-corrected chi connectivity index (χ4v) is 2.93. The predicted octanol–water partition coefficient (Wildman–Crippen LogP) is 3.71. The van der Waals surface area contributed by atoms with Crippen molar-refractivity contribution in [2.24, 2.45) is 5.73 Å². The Morgan fingerprint density at radius 2 is 1.77 bits per heavy atom. The molecule has 134 valence electrons. The minimum absolute atomic E-state index is 0.310. The van der Waals surface area contributed by atoms with Gasteiger partial charge in [-0.25, -0.2) is 0 Å². The maximum atomic E-state index is 12.0. The van der Waals surface area contributed by atoms with Crippen molar-refractivity contribution in [1.82, 2.24) is 4.98 Å². The van der Waals surface area contributed by atoms with Crippen LogP contribution in [0.5, 0.6) is 11.5 Å². The van der Waals surface area contributed by atoms with Gasteiger partial charge in [0.25, 0.3) is 5.91 Å². The van der Waals surface area contributed by atoms with Gasteiger partial charge < -0.3 is 20.5 Å². The smallest absolute Gasteiger partial charge is 0.252 e. The molecule has 0 aliphatic carbocycles. The number of anilines is 2. The fraction of sp³-hybridized carbons (Fsp3) is 0.200. The van der Waals surface area contributed by atoms with Crippen LogP contribution in [0.3, 0.4) is 0 Å². The Kier molecular flexibility index (Phi) is 4.67. The number of fused-ring (bicyclic) bond motifs is 1. The Morgan fingerprint density at radius 1 is 1.08 bits per heavy atom. The zero-order valence-corrected chi connectivity index (χ0v) is 15.2. The van der Waals surface area contributed by atoms with Gasteiger partial charge in [-0.3, -0.25) is 9.78 Å². The van der Waals surface area contributed by atoms with Crippen molar-refractivity contribution in [3.63, 3.8) is 0 Å². The van der Waals surface area contributed by atoms with Gasteiger partial charge in [-0.1, -0.05) is 17.7 Å². The number of nitrogens with zero attached hydrogens (tertiary/aromatic N) is 1. The molecule has 0 aliphatic heterocycles. The molecule has 0 radical (unpaired) electrons. The van der Waals surface area contributed by atoms with Crippen LogP contribution in [0.4, 0.5) is 11.4 Å². The van der Waals surface area contributed by atoms with E-state index in [0.29, 0.717) is 28.3 Å². The molecule has 2 aromatic carbocycles. The van der Waals surface area contributed by atoms with Crippen molar-refractivity contribution < 1.29 is 14.3 Å². The molecule has 1 aromatic heterocycles. The monoisotopic (exact) mass is 351 g/mol. The van der Waals surface area contributed by atoms with Gasteiger partial charge in [0.2, 0.25) is 0 Å². The Hall–Kier alpha value is -3.28. The first-order chi connectivity index (χ1) is 12.4. The van der Waals surface area contributed by atoms with Crippen molar-refractivity contribution in [3.05, 3.63) is 53.2 Å². The molecule has 3 aromatic rings. The van der Waals surface area contributed by atoms with Crippen LogP contribution in [0.25, 0.3) is 10.9 Å². The Bertz CT molecular complexity index is 999. The number of ether oxygens (including phenoxy) is 2. The summed E-state index contributed by atoms with van der Waals surface area (Å²) in [6.45, 7) is 4.04. The molecule has 0 aliphatic rings. The van der Waals surface area contributed by atoms with Gasteiger partial charge in [0.05, 0.1) is 31.0 Å². The molecule has 0 saturated carbocycles. The Balaban J connectivity index is 2.25. The van der Waals surface area contributed by atoms with Gasteiger partial charge in [-0.15, -0.1) is 0 Å². The number of pyridine rings is 1. The normalized spacial score (nSPS) is 10.6. The van der Waals surface area contributed by atoms with E-state index in [1.807, 2.05) is 26.0 Å². The third-order valence-electron chi connectivity index (χ3n) is 4.28. The third kappa shape index (κ3) is 3.13. The van der Waals surface area contributed by atoms with E-state index in [1.54, 1.807) is 26.4 Å². The average molecular weight is 351 g/mol. The fourth-order valence-electron chi connectivity index (χ4n) is 2.93. The molecule has 6 heteroatoms. The van der Waals surface area contributed by atoms with E-state index in [4.69, 9.17) is 15.2 Å². The molecule has 1 heterocycles. The molecule has 6 nitrogen and oxygen atoms in total. The highest BCUT2D eigenvalue weighted by Gasteiger charge is 2.17. The molecular formula is C20H21N3O3. The maximum Gasteiger partial charge on any atom is 0.252 e. The van der Waals surface area contributed by atoms with E-state index in [0.717, 1.165) is 22.2 Å². The van der Waals surface area contributed by atoms with Crippen LogP contribution in [0.2, 0.25) is 0 Å². The van der Waals surface area contributed by atoms with Gasteiger partial charge in [0.15, 0.2) is 11.5 Å². The highest BCUT2D eigenvalue weighted by atomic mass is 16.5. The van der Waals surface area contributed by atoms with E-state index < -0.39 is 5.91 Å². The summed E-state index contributed by atoms with van der Waals surface area (Å²) in [5.41, 5.74) is 10.3. The van der Waals surface area contributed by atoms with Crippen molar-refractivity contribution in [1.29, 1.82) is 0 Å². The summed E-state index contributed by atoms with van der Waals surface area (Å²) in [5.74, 6) is 0.560. The number of primary amides is 1. The minimum Gasteiger partial charge on any atom is -0.493 e. The van der Waals surface area contributed by atoms with Gasteiger partial charge in [-0.2, -0.15) is 0 Å². The zero-order chi connectivity index (χ0) is 18.8. The second kappa shape index (κ2) is 6.92. The number of aryl methyl sites for hydroxylation is 2. The predicted molar refractivity (Wildman–Crippen MR) is 103 cm³/mol. The third-order valence-corrected chi connectivity index (χ3v) is 4.28. The van der Waals surface area contributed by atoms with Crippen molar-refractivity contribution >= 4 is 28.2 Å². The van der Waals surface area contributed by atoms with Gasteiger partial charge in [-0.05, 0) is 31.5 Å². The lowest BCUT2D eigenvalue weighted by Crippen LogP contribution is -2.14. The molecule has 3 rings (SSSR count). The number of nitrogens with one attached hydrogen (secondary N) is 1. The lowest BCUT2D eigenvalue weighted by atomic mass is 10.1. The van der Waals surface area contributed by atoms with Crippen molar-refractivity contribution in [3.8, 4) is 11.5 Å². The van der Waals surface area contributed by atoms with E-state index in [-0.39, 0.29) is 0 Å².